The van der Waals surface area contributed by atoms with Crippen LogP contribution in [0.1, 0.15) is 53.9 Å². The summed E-state index contributed by atoms with van der Waals surface area (Å²) < 4.78 is 11.3. The number of ether oxygens (including phenoxy) is 2. The van der Waals surface area contributed by atoms with Gasteiger partial charge in [0.1, 0.15) is 11.5 Å². The van der Waals surface area contributed by atoms with Crippen molar-refractivity contribution in [1.29, 1.82) is 0 Å². The molecule has 1 aliphatic heterocycles. The van der Waals surface area contributed by atoms with Gasteiger partial charge in [0.2, 0.25) is 0 Å². The average molecular weight is 280 g/mol. The minimum atomic E-state index is -1.16. The second-order valence-corrected chi connectivity index (χ2v) is 6.10. The molecule has 1 saturated heterocycles. The number of carbonyl (C=O) groups excluding carboxylic acids is 2. The van der Waals surface area contributed by atoms with Crippen LogP contribution >= 0.6 is 0 Å². The van der Waals surface area contributed by atoms with Crippen LogP contribution in [0.15, 0.2) is 24.0 Å². The van der Waals surface area contributed by atoms with E-state index in [-0.39, 0.29) is 11.2 Å². The molecule has 0 radical (unpaired) electrons. The number of rotatable bonds is 3. The van der Waals surface area contributed by atoms with Crippen LogP contribution in [0.25, 0.3) is 0 Å². The van der Waals surface area contributed by atoms with Crippen molar-refractivity contribution in [2.45, 2.75) is 59.7 Å². The zero-order valence-corrected chi connectivity index (χ0v) is 13.0. The highest BCUT2D eigenvalue weighted by Crippen LogP contribution is 2.43. The van der Waals surface area contributed by atoms with E-state index in [9.17, 15) is 9.59 Å². The summed E-state index contributed by atoms with van der Waals surface area (Å²) in [4.78, 5) is 22.5. The molecule has 4 heteroatoms. The fourth-order valence-electron chi connectivity index (χ4n) is 2.16. The summed E-state index contributed by atoms with van der Waals surface area (Å²) in [5, 5.41) is 0. The second kappa shape index (κ2) is 5.81. The lowest BCUT2D eigenvalue weighted by atomic mass is 9.84. The van der Waals surface area contributed by atoms with Gasteiger partial charge in [-0.25, -0.2) is 0 Å². The summed E-state index contributed by atoms with van der Waals surface area (Å²) in [6.07, 6.45) is 3.62. The Balaban J connectivity index is 3.13. The molecular formula is C16H24O4. The van der Waals surface area contributed by atoms with Crippen LogP contribution in [-0.4, -0.2) is 17.5 Å². The molecule has 0 spiro atoms. The molecular weight excluding hydrogens is 256 g/mol. The van der Waals surface area contributed by atoms with E-state index < -0.39 is 11.8 Å². The Morgan fingerprint density at radius 3 is 2.45 bits per heavy atom. The minimum absolute atomic E-state index is 0.0640. The van der Waals surface area contributed by atoms with Crippen molar-refractivity contribution < 1.29 is 19.1 Å². The number of allylic oxidation sites excluding steroid dienone is 2. The van der Waals surface area contributed by atoms with E-state index >= 15 is 0 Å². The number of esters is 1. The van der Waals surface area contributed by atoms with Crippen LogP contribution in [0.3, 0.4) is 0 Å². The summed E-state index contributed by atoms with van der Waals surface area (Å²) in [6, 6.07) is 0. The zero-order valence-electron chi connectivity index (χ0n) is 13.0. The first-order valence-electron chi connectivity index (χ1n) is 6.84. The first-order chi connectivity index (χ1) is 9.07. The molecule has 0 amide bonds. The molecule has 112 valence electrons. The SMILES string of the molecule is C=C1CCC(C)(C)/C(=C\CC(C)=O)OC1(C)OC(C)=O. The predicted molar refractivity (Wildman–Crippen MR) is 76.8 cm³/mol. The Morgan fingerprint density at radius 1 is 1.35 bits per heavy atom. The Labute approximate surface area is 120 Å². The van der Waals surface area contributed by atoms with Crippen molar-refractivity contribution >= 4 is 11.8 Å². The van der Waals surface area contributed by atoms with E-state index in [4.69, 9.17) is 9.47 Å². The summed E-state index contributed by atoms with van der Waals surface area (Å²) in [5.41, 5.74) is 0.503. The fourth-order valence-corrected chi connectivity index (χ4v) is 2.16. The Hall–Kier alpha value is -1.58. The third-order valence-corrected chi connectivity index (χ3v) is 3.58. The number of hydrogen-bond donors (Lipinski definition) is 0. The maximum absolute atomic E-state index is 11.3. The van der Waals surface area contributed by atoms with Gasteiger partial charge in [-0.05, 0) is 25.8 Å². The molecule has 0 N–H and O–H groups in total. The summed E-state index contributed by atoms with van der Waals surface area (Å²) in [7, 11) is 0. The molecule has 1 fully saturated rings. The minimum Gasteiger partial charge on any atom is -0.453 e. The van der Waals surface area contributed by atoms with Gasteiger partial charge in [0.05, 0.1) is 0 Å². The monoisotopic (exact) mass is 280 g/mol. The maximum Gasteiger partial charge on any atom is 0.306 e. The van der Waals surface area contributed by atoms with Gasteiger partial charge in [0, 0.05) is 31.3 Å². The van der Waals surface area contributed by atoms with E-state index in [2.05, 4.69) is 6.58 Å². The first-order valence-corrected chi connectivity index (χ1v) is 6.84. The van der Waals surface area contributed by atoms with Gasteiger partial charge in [-0.2, -0.15) is 0 Å². The third-order valence-electron chi connectivity index (χ3n) is 3.58. The van der Waals surface area contributed by atoms with Gasteiger partial charge < -0.3 is 9.47 Å². The molecule has 1 rings (SSSR count). The second-order valence-electron chi connectivity index (χ2n) is 6.10. The van der Waals surface area contributed by atoms with E-state index in [1.807, 2.05) is 13.8 Å². The molecule has 1 unspecified atom stereocenters. The smallest absolute Gasteiger partial charge is 0.306 e. The molecule has 0 aliphatic carbocycles. The van der Waals surface area contributed by atoms with Crippen LogP contribution in [0.5, 0.6) is 0 Å². The molecule has 0 saturated carbocycles. The topological polar surface area (TPSA) is 52.6 Å². The Kier molecular flexibility index (Phi) is 4.79. The van der Waals surface area contributed by atoms with Crippen LogP contribution < -0.4 is 0 Å². The zero-order chi connectivity index (χ0) is 15.6. The standard InChI is InChI=1S/C16H24O4/c1-11-9-10-15(4,5)14(8-7-12(2)17)20-16(11,6)19-13(3)18/h8H,1,7,9-10H2,2-6H3/b14-8+. The van der Waals surface area contributed by atoms with Crippen molar-refractivity contribution in [3.05, 3.63) is 24.0 Å². The van der Waals surface area contributed by atoms with E-state index in [1.165, 1.54) is 13.8 Å². The molecule has 20 heavy (non-hydrogen) atoms. The van der Waals surface area contributed by atoms with Gasteiger partial charge in [-0.1, -0.05) is 20.4 Å². The molecule has 0 aromatic carbocycles. The lowest BCUT2D eigenvalue weighted by Gasteiger charge is -2.33. The fraction of sp³-hybridized carbons (Fsp3) is 0.625. The number of ketones is 1. The van der Waals surface area contributed by atoms with Crippen molar-refractivity contribution in [2.24, 2.45) is 5.41 Å². The molecule has 1 heterocycles. The number of carbonyl (C=O) groups is 2. The summed E-state index contributed by atoms with van der Waals surface area (Å²) >= 11 is 0. The summed E-state index contributed by atoms with van der Waals surface area (Å²) in [6.45, 7) is 12.6. The van der Waals surface area contributed by atoms with Crippen molar-refractivity contribution in [3.8, 4) is 0 Å². The van der Waals surface area contributed by atoms with Gasteiger partial charge in [-0.15, -0.1) is 0 Å². The Morgan fingerprint density at radius 2 is 1.95 bits per heavy atom. The van der Waals surface area contributed by atoms with Crippen molar-refractivity contribution in [1.82, 2.24) is 0 Å². The van der Waals surface area contributed by atoms with E-state index in [1.54, 1.807) is 13.0 Å². The van der Waals surface area contributed by atoms with Gasteiger partial charge in [0.15, 0.2) is 0 Å². The lowest BCUT2D eigenvalue weighted by molar-refractivity contribution is -0.194. The highest BCUT2D eigenvalue weighted by molar-refractivity contribution is 5.77. The van der Waals surface area contributed by atoms with Crippen molar-refractivity contribution in [2.75, 3.05) is 0 Å². The normalized spacial score (nSPS) is 27.6. The average Bonchev–Trinajstić information content (AvgIpc) is 2.36. The van der Waals surface area contributed by atoms with Crippen LogP contribution in [0.4, 0.5) is 0 Å². The van der Waals surface area contributed by atoms with Crippen LogP contribution in [0.2, 0.25) is 0 Å². The summed E-state index contributed by atoms with van der Waals surface area (Å²) in [5.74, 6) is -0.842. The molecule has 1 atom stereocenters. The van der Waals surface area contributed by atoms with E-state index in [0.717, 1.165) is 12.0 Å². The number of hydrogen-bond acceptors (Lipinski definition) is 4. The predicted octanol–water partition coefficient (Wildman–Crippen LogP) is 3.52. The quantitative estimate of drug-likeness (QED) is 0.586. The Bertz CT molecular complexity index is 459. The molecule has 0 aromatic rings. The third kappa shape index (κ3) is 3.95. The first kappa shape index (κ1) is 16.5. The van der Waals surface area contributed by atoms with Crippen LogP contribution in [0, 0.1) is 5.41 Å². The van der Waals surface area contributed by atoms with Gasteiger partial charge >= 0.3 is 5.97 Å². The maximum atomic E-state index is 11.3. The largest absolute Gasteiger partial charge is 0.453 e. The molecule has 0 bridgehead atoms. The molecule has 4 nitrogen and oxygen atoms in total. The highest BCUT2D eigenvalue weighted by atomic mass is 16.7. The molecule has 1 aliphatic rings. The van der Waals surface area contributed by atoms with E-state index in [0.29, 0.717) is 18.6 Å². The number of Topliss-reactive ketones (excluding diaryl/α,β-unsaturated/α-hetero) is 1. The van der Waals surface area contributed by atoms with Gasteiger partial charge in [-0.3, -0.25) is 9.59 Å². The lowest BCUT2D eigenvalue weighted by Crippen LogP contribution is -2.35. The van der Waals surface area contributed by atoms with Crippen molar-refractivity contribution in [3.63, 3.8) is 0 Å². The molecule has 0 aromatic heterocycles. The van der Waals surface area contributed by atoms with Gasteiger partial charge in [0.25, 0.3) is 5.79 Å². The van der Waals surface area contributed by atoms with Crippen LogP contribution in [-0.2, 0) is 19.1 Å². The highest BCUT2D eigenvalue weighted by Gasteiger charge is 2.41.